The first kappa shape index (κ1) is 6.55. The van der Waals surface area contributed by atoms with Gasteiger partial charge in [-0.25, -0.2) is 0 Å². The lowest BCUT2D eigenvalue weighted by Gasteiger charge is -1.80. The number of thiophene rings is 1. The van der Waals surface area contributed by atoms with Crippen molar-refractivity contribution in [2.45, 2.75) is 12.8 Å². The molecule has 1 aromatic rings. The summed E-state index contributed by atoms with van der Waals surface area (Å²) >= 11 is 5.03. The van der Waals surface area contributed by atoms with Crippen LogP contribution in [0.5, 0.6) is 0 Å². The summed E-state index contributed by atoms with van der Waals surface area (Å²) in [7, 11) is 0. The molecule has 52 valence electrons. The van der Waals surface area contributed by atoms with E-state index in [1.54, 1.807) is 11.3 Å². The van der Waals surface area contributed by atoms with E-state index in [0.717, 1.165) is 15.8 Å². The largest absolute Gasteiger partial charge is 0.294 e. The molecule has 0 N–H and O–H groups in total. The Morgan fingerprint density at radius 3 is 3.00 bits per heavy atom. The minimum atomic E-state index is 0.303. The number of hydrogen-bond acceptors (Lipinski definition) is 2. The van der Waals surface area contributed by atoms with E-state index < -0.39 is 0 Å². The van der Waals surface area contributed by atoms with Gasteiger partial charge in [-0.15, -0.1) is 11.3 Å². The minimum absolute atomic E-state index is 0.303. The highest BCUT2D eigenvalue weighted by atomic mass is 79.9. The molecule has 1 aliphatic rings. The molecule has 3 heteroatoms. The maximum absolute atomic E-state index is 11.1. The van der Waals surface area contributed by atoms with Gasteiger partial charge >= 0.3 is 0 Å². The summed E-state index contributed by atoms with van der Waals surface area (Å²) in [5.74, 6) is 0.303. The summed E-state index contributed by atoms with van der Waals surface area (Å²) in [4.78, 5) is 12.3. The van der Waals surface area contributed by atoms with Gasteiger partial charge in [0.1, 0.15) is 0 Å². The number of rotatable bonds is 0. The Labute approximate surface area is 71.2 Å². The number of ketones is 1. The Kier molecular flexibility index (Phi) is 1.42. The average Bonchev–Trinajstić information content (AvgIpc) is 2.35. The minimum Gasteiger partial charge on any atom is -0.294 e. The Morgan fingerprint density at radius 1 is 1.50 bits per heavy atom. The van der Waals surface area contributed by atoms with E-state index in [0.29, 0.717) is 12.2 Å². The second-order valence-corrected chi connectivity index (χ2v) is 4.83. The van der Waals surface area contributed by atoms with E-state index >= 15 is 0 Å². The Balaban J connectivity index is 2.59. The van der Waals surface area contributed by atoms with E-state index in [1.807, 2.05) is 6.07 Å². The van der Waals surface area contributed by atoms with Crippen LogP contribution in [0.15, 0.2) is 9.85 Å². The highest BCUT2D eigenvalue weighted by Crippen LogP contribution is 2.33. The fraction of sp³-hybridized carbons (Fsp3) is 0.286. The van der Waals surface area contributed by atoms with Gasteiger partial charge < -0.3 is 0 Å². The maximum atomic E-state index is 11.1. The first-order valence-electron chi connectivity index (χ1n) is 3.09. The van der Waals surface area contributed by atoms with Crippen LogP contribution in [0.1, 0.15) is 21.7 Å². The summed E-state index contributed by atoms with van der Waals surface area (Å²) in [5.41, 5.74) is 0.942. The molecule has 10 heavy (non-hydrogen) atoms. The van der Waals surface area contributed by atoms with Crippen molar-refractivity contribution < 1.29 is 4.79 Å². The van der Waals surface area contributed by atoms with E-state index in [4.69, 9.17) is 0 Å². The molecule has 0 bridgehead atoms. The van der Waals surface area contributed by atoms with E-state index in [-0.39, 0.29) is 0 Å². The van der Waals surface area contributed by atoms with Crippen molar-refractivity contribution in [1.29, 1.82) is 0 Å². The lowest BCUT2D eigenvalue weighted by Crippen LogP contribution is -1.87. The lowest BCUT2D eigenvalue weighted by molar-refractivity contribution is 0.0994. The van der Waals surface area contributed by atoms with Gasteiger partial charge in [-0.05, 0) is 28.4 Å². The number of carbonyl (C=O) groups is 1. The molecule has 0 saturated carbocycles. The van der Waals surface area contributed by atoms with Crippen molar-refractivity contribution in [1.82, 2.24) is 0 Å². The van der Waals surface area contributed by atoms with Gasteiger partial charge in [0.05, 0.1) is 3.79 Å². The highest BCUT2D eigenvalue weighted by Gasteiger charge is 2.21. The number of hydrogen-bond donors (Lipinski definition) is 0. The molecule has 1 aromatic heterocycles. The van der Waals surface area contributed by atoms with Gasteiger partial charge in [-0.2, -0.15) is 0 Å². The second-order valence-electron chi connectivity index (χ2n) is 2.31. The van der Waals surface area contributed by atoms with Crippen LogP contribution in [0.2, 0.25) is 0 Å². The van der Waals surface area contributed by atoms with Crippen LogP contribution in [0, 0.1) is 0 Å². The van der Waals surface area contributed by atoms with Crippen LogP contribution in [-0.4, -0.2) is 5.78 Å². The molecule has 0 fully saturated rings. The number of halogens is 1. The van der Waals surface area contributed by atoms with Crippen molar-refractivity contribution in [2.75, 3.05) is 0 Å². The van der Waals surface area contributed by atoms with Crippen molar-refractivity contribution in [3.05, 3.63) is 20.3 Å². The molecule has 0 radical (unpaired) electrons. The molecule has 0 saturated heterocycles. The van der Waals surface area contributed by atoms with Gasteiger partial charge in [0.25, 0.3) is 0 Å². The van der Waals surface area contributed by atoms with Crippen LogP contribution >= 0.6 is 27.3 Å². The monoisotopic (exact) mass is 216 g/mol. The summed E-state index contributed by atoms with van der Waals surface area (Å²) in [6.45, 7) is 0. The average molecular weight is 217 g/mol. The second kappa shape index (κ2) is 2.17. The summed E-state index contributed by atoms with van der Waals surface area (Å²) in [5, 5.41) is 0. The van der Waals surface area contributed by atoms with Gasteiger partial charge in [0.15, 0.2) is 5.78 Å². The van der Waals surface area contributed by atoms with Gasteiger partial charge in [-0.3, -0.25) is 4.79 Å². The van der Waals surface area contributed by atoms with Crippen molar-refractivity contribution >= 4 is 33.0 Å². The number of Topliss-reactive ketones (excluding diaryl/α,β-unsaturated/α-hetero) is 1. The Bertz CT molecular complexity index is 290. The smallest absolute Gasteiger partial charge is 0.164 e. The van der Waals surface area contributed by atoms with Crippen LogP contribution in [0.25, 0.3) is 0 Å². The quantitative estimate of drug-likeness (QED) is 0.652. The van der Waals surface area contributed by atoms with Crippen molar-refractivity contribution in [2.24, 2.45) is 0 Å². The molecule has 1 nitrogen and oxygen atoms in total. The van der Waals surface area contributed by atoms with E-state index in [2.05, 4.69) is 15.9 Å². The molecule has 1 heterocycles. The lowest BCUT2D eigenvalue weighted by atomic mass is 10.2. The zero-order chi connectivity index (χ0) is 7.14. The molecular weight excluding hydrogens is 212 g/mol. The molecular formula is C7H5BrOS. The Hall–Kier alpha value is -0.150. The molecule has 0 spiro atoms. The van der Waals surface area contributed by atoms with Crippen LogP contribution in [0.4, 0.5) is 0 Å². The summed E-state index contributed by atoms with van der Waals surface area (Å²) < 4.78 is 1.07. The SMILES string of the molecule is O=C1CCc2sc(Br)cc21. The molecule has 0 aromatic carbocycles. The highest BCUT2D eigenvalue weighted by molar-refractivity contribution is 9.11. The molecule has 0 aliphatic heterocycles. The third-order valence-electron chi connectivity index (χ3n) is 1.66. The van der Waals surface area contributed by atoms with Crippen LogP contribution in [0.3, 0.4) is 0 Å². The Morgan fingerprint density at radius 2 is 2.30 bits per heavy atom. The number of fused-ring (bicyclic) bond motifs is 1. The summed E-state index contributed by atoms with van der Waals surface area (Å²) in [6, 6.07) is 1.93. The van der Waals surface area contributed by atoms with Gasteiger partial charge in [0, 0.05) is 16.9 Å². The number of carbonyl (C=O) groups excluding carboxylic acids is 1. The molecule has 0 atom stereocenters. The number of aryl methyl sites for hydroxylation is 1. The predicted octanol–water partition coefficient (Wildman–Crippen LogP) is 2.64. The van der Waals surface area contributed by atoms with Gasteiger partial charge in [-0.1, -0.05) is 0 Å². The normalized spacial score (nSPS) is 15.9. The fourth-order valence-corrected chi connectivity index (χ4v) is 2.89. The fourth-order valence-electron chi connectivity index (χ4n) is 1.18. The third-order valence-corrected chi connectivity index (χ3v) is 3.36. The predicted molar refractivity (Wildman–Crippen MR) is 44.7 cm³/mol. The first-order valence-corrected chi connectivity index (χ1v) is 4.70. The van der Waals surface area contributed by atoms with E-state index in [9.17, 15) is 4.79 Å². The topological polar surface area (TPSA) is 17.1 Å². The standard InChI is InChI=1S/C7H5BrOS/c8-7-3-4-5(9)1-2-6(4)10-7/h3H,1-2H2. The van der Waals surface area contributed by atoms with Crippen molar-refractivity contribution in [3.63, 3.8) is 0 Å². The zero-order valence-corrected chi connectivity index (χ0v) is 7.59. The zero-order valence-electron chi connectivity index (χ0n) is 5.19. The maximum Gasteiger partial charge on any atom is 0.164 e. The third kappa shape index (κ3) is 0.847. The molecule has 0 amide bonds. The molecule has 0 unspecified atom stereocenters. The van der Waals surface area contributed by atoms with Gasteiger partial charge in [0.2, 0.25) is 0 Å². The van der Waals surface area contributed by atoms with Crippen LogP contribution in [-0.2, 0) is 6.42 Å². The van der Waals surface area contributed by atoms with Crippen molar-refractivity contribution in [3.8, 4) is 0 Å². The van der Waals surface area contributed by atoms with Crippen LogP contribution < -0.4 is 0 Å². The summed E-state index contributed by atoms with van der Waals surface area (Å²) in [6.07, 6.45) is 1.67. The molecule has 1 aliphatic carbocycles. The first-order chi connectivity index (χ1) is 4.77. The van der Waals surface area contributed by atoms with E-state index in [1.165, 1.54) is 4.88 Å². The molecule has 2 rings (SSSR count).